The van der Waals surface area contributed by atoms with Crippen molar-refractivity contribution in [3.05, 3.63) is 66.1 Å². The molecule has 2 N–H and O–H groups in total. The molecule has 0 saturated heterocycles. The lowest BCUT2D eigenvalue weighted by Crippen LogP contribution is -2.09. The number of anilines is 4. The van der Waals surface area contributed by atoms with Gasteiger partial charge in [0.2, 0.25) is 5.95 Å². The molecule has 26 heavy (non-hydrogen) atoms. The molecule has 3 aromatic rings. The second-order valence-electron chi connectivity index (χ2n) is 5.19. The molecule has 0 atom stereocenters. The number of hydrogen-bond donors (Lipinski definition) is 2. The van der Waals surface area contributed by atoms with Crippen LogP contribution in [-0.4, -0.2) is 27.8 Å². The fourth-order valence-electron chi connectivity index (χ4n) is 2.23. The van der Waals surface area contributed by atoms with Gasteiger partial charge in [0.25, 0.3) is 0 Å². The van der Waals surface area contributed by atoms with E-state index in [4.69, 9.17) is 4.74 Å². The molecule has 0 radical (unpaired) electrons. The summed E-state index contributed by atoms with van der Waals surface area (Å²) in [5.74, 6) is -0.249. The van der Waals surface area contributed by atoms with Gasteiger partial charge < -0.3 is 15.4 Å². The highest BCUT2D eigenvalue weighted by atomic mass is 19.1. The summed E-state index contributed by atoms with van der Waals surface area (Å²) in [4.78, 5) is 16.3. The number of ether oxygens (including phenoxy) is 1. The van der Waals surface area contributed by atoms with Crippen molar-refractivity contribution in [2.75, 3.05) is 17.2 Å². The van der Waals surface area contributed by atoms with Gasteiger partial charge >= 0.3 is 5.97 Å². The van der Waals surface area contributed by atoms with Crippen LogP contribution in [0.15, 0.2) is 54.7 Å². The molecule has 0 aliphatic carbocycles. The van der Waals surface area contributed by atoms with Crippen molar-refractivity contribution in [3.8, 4) is 0 Å². The van der Waals surface area contributed by atoms with Crippen molar-refractivity contribution in [1.29, 1.82) is 0 Å². The summed E-state index contributed by atoms with van der Waals surface area (Å²) < 4.78 is 18.3. The third-order valence-electron chi connectivity index (χ3n) is 3.32. The second kappa shape index (κ2) is 8.02. The summed E-state index contributed by atoms with van der Waals surface area (Å²) in [5.41, 5.74) is 1.39. The van der Waals surface area contributed by atoms with Gasteiger partial charge in [-0.05, 0) is 37.3 Å². The van der Waals surface area contributed by atoms with Crippen LogP contribution < -0.4 is 10.6 Å². The van der Waals surface area contributed by atoms with Crippen molar-refractivity contribution in [3.63, 3.8) is 0 Å². The average Bonchev–Trinajstić information content (AvgIpc) is 2.63. The predicted octanol–water partition coefficient (Wildman–Crippen LogP) is 3.67. The van der Waals surface area contributed by atoms with E-state index >= 15 is 0 Å². The number of benzene rings is 2. The largest absolute Gasteiger partial charge is 0.462 e. The molecule has 0 unspecified atom stereocenters. The first-order valence-electron chi connectivity index (χ1n) is 7.91. The minimum atomic E-state index is -0.447. The van der Waals surface area contributed by atoms with Crippen molar-refractivity contribution < 1.29 is 13.9 Å². The molecule has 1 heterocycles. The van der Waals surface area contributed by atoms with Crippen LogP contribution in [0.4, 0.5) is 27.5 Å². The molecule has 7 nitrogen and oxygen atoms in total. The zero-order chi connectivity index (χ0) is 18.4. The highest BCUT2D eigenvalue weighted by Gasteiger charge is 2.13. The summed E-state index contributed by atoms with van der Waals surface area (Å²) in [7, 11) is 0. The number of hydrogen-bond acceptors (Lipinski definition) is 7. The number of carbonyl (C=O) groups is 1. The molecule has 8 heteroatoms. The molecular formula is C18H16FN5O2. The third kappa shape index (κ3) is 4.29. The number of aromatic nitrogens is 3. The van der Waals surface area contributed by atoms with Gasteiger partial charge in [-0.2, -0.15) is 10.1 Å². The summed E-state index contributed by atoms with van der Waals surface area (Å²) in [5, 5.41) is 13.7. The molecule has 0 bridgehead atoms. The average molecular weight is 353 g/mol. The van der Waals surface area contributed by atoms with Gasteiger partial charge in [0.05, 0.1) is 24.1 Å². The van der Waals surface area contributed by atoms with Gasteiger partial charge in [-0.15, -0.1) is 5.10 Å². The monoisotopic (exact) mass is 353 g/mol. The van der Waals surface area contributed by atoms with E-state index in [1.165, 1.54) is 18.3 Å². The van der Waals surface area contributed by atoms with Crippen molar-refractivity contribution in [2.45, 2.75) is 6.92 Å². The fourth-order valence-corrected chi connectivity index (χ4v) is 2.23. The first kappa shape index (κ1) is 17.3. The topological polar surface area (TPSA) is 89.0 Å². The number of carbonyl (C=O) groups excluding carboxylic acids is 1. The molecule has 132 valence electrons. The first-order valence-corrected chi connectivity index (χ1v) is 7.91. The Balaban J connectivity index is 1.80. The Bertz CT molecular complexity index is 919. The van der Waals surface area contributed by atoms with Crippen molar-refractivity contribution >= 4 is 29.1 Å². The summed E-state index contributed by atoms with van der Waals surface area (Å²) in [6.07, 6.45) is 1.41. The highest BCUT2D eigenvalue weighted by Crippen LogP contribution is 2.21. The number of para-hydroxylation sites is 1. The molecule has 3 rings (SSSR count). The van der Waals surface area contributed by atoms with Gasteiger partial charge in [-0.1, -0.05) is 18.2 Å². The number of nitrogens with one attached hydrogen (secondary N) is 2. The van der Waals surface area contributed by atoms with Crippen LogP contribution in [0.3, 0.4) is 0 Å². The Morgan fingerprint density at radius 1 is 1.15 bits per heavy atom. The number of esters is 1. The van der Waals surface area contributed by atoms with E-state index in [1.807, 2.05) is 0 Å². The van der Waals surface area contributed by atoms with E-state index in [0.717, 1.165) is 0 Å². The molecular weight excluding hydrogens is 337 g/mol. The lowest BCUT2D eigenvalue weighted by molar-refractivity contribution is 0.0527. The molecule has 0 saturated carbocycles. The zero-order valence-electron chi connectivity index (χ0n) is 13.9. The molecule has 0 aliphatic heterocycles. The van der Waals surface area contributed by atoms with Crippen molar-refractivity contribution in [1.82, 2.24) is 15.2 Å². The Labute approximate surface area is 149 Å². The quantitative estimate of drug-likeness (QED) is 0.654. The Hall–Kier alpha value is -3.55. The zero-order valence-corrected chi connectivity index (χ0v) is 13.9. The summed E-state index contributed by atoms with van der Waals surface area (Å²) in [6, 6.07) is 12.8. The fraction of sp³-hybridized carbons (Fsp3) is 0.111. The Morgan fingerprint density at radius 2 is 2.00 bits per heavy atom. The van der Waals surface area contributed by atoms with Crippen LogP contribution >= 0.6 is 0 Å². The Kier molecular flexibility index (Phi) is 5.33. The van der Waals surface area contributed by atoms with E-state index in [9.17, 15) is 9.18 Å². The minimum Gasteiger partial charge on any atom is -0.462 e. The molecule has 0 fully saturated rings. The van der Waals surface area contributed by atoms with Gasteiger partial charge in [0.1, 0.15) is 5.82 Å². The number of halogens is 1. The minimum absolute atomic E-state index is 0.183. The van der Waals surface area contributed by atoms with Crippen LogP contribution in [0.25, 0.3) is 0 Å². The number of rotatable bonds is 6. The maximum absolute atomic E-state index is 13.3. The van der Waals surface area contributed by atoms with Crippen LogP contribution in [0.5, 0.6) is 0 Å². The third-order valence-corrected chi connectivity index (χ3v) is 3.32. The van der Waals surface area contributed by atoms with E-state index in [1.54, 1.807) is 43.3 Å². The highest BCUT2D eigenvalue weighted by molar-refractivity contribution is 5.96. The number of nitrogens with zero attached hydrogens (tertiary/aromatic N) is 3. The molecule has 0 spiro atoms. The van der Waals surface area contributed by atoms with Crippen LogP contribution in [-0.2, 0) is 4.74 Å². The molecule has 2 aromatic carbocycles. The van der Waals surface area contributed by atoms with E-state index in [2.05, 4.69) is 25.8 Å². The molecule has 0 amide bonds. The lowest BCUT2D eigenvalue weighted by atomic mass is 10.2. The lowest BCUT2D eigenvalue weighted by Gasteiger charge is -2.11. The van der Waals surface area contributed by atoms with Gasteiger partial charge in [0, 0.05) is 5.69 Å². The van der Waals surface area contributed by atoms with Crippen molar-refractivity contribution in [2.24, 2.45) is 0 Å². The van der Waals surface area contributed by atoms with Crippen LogP contribution in [0.2, 0.25) is 0 Å². The van der Waals surface area contributed by atoms with E-state index in [0.29, 0.717) is 22.8 Å². The molecule has 0 aliphatic rings. The van der Waals surface area contributed by atoms with Crippen LogP contribution in [0.1, 0.15) is 17.3 Å². The van der Waals surface area contributed by atoms with E-state index < -0.39 is 5.97 Å². The summed E-state index contributed by atoms with van der Waals surface area (Å²) >= 11 is 0. The Morgan fingerprint density at radius 3 is 2.81 bits per heavy atom. The predicted molar refractivity (Wildman–Crippen MR) is 95.2 cm³/mol. The normalized spacial score (nSPS) is 10.2. The van der Waals surface area contributed by atoms with Gasteiger partial charge in [-0.3, -0.25) is 0 Å². The van der Waals surface area contributed by atoms with E-state index in [-0.39, 0.29) is 18.4 Å². The maximum atomic E-state index is 13.3. The van der Waals surface area contributed by atoms with Gasteiger partial charge in [-0.25, -0.2) is 9.18 Å². The maximum Gasteiger partial charge on any atom is 0.340 e. The summed E-state index contributed by atoms with van der Waals surface area (Å²) in [6.45, 7) is 2.01. The second-order valence-corrected chi connectivity index (χ2v) is 5.19. The molecule has 1 aromatic heterocycles. The first-order chi connectivity index (χ1) is 12.7. The SMILES string of the molecule is CCOC(=O)c1ccccc1Nc1nncc(Nc2cccc(F)c2)n1. The standard InChI is InChI=1S/C18H16FN5O2/c1-2-26-17(25)14-8-3-4-9-15(14)22-18-23-16(11-20-24-18)21-13-7-5-6-12(19)10-13/h3-11H,2H2,1H3,(H2,21,22,23,24). The smallest absolute Gasteiger partial charge is 0.340 e. The van der Waals surface area contributed by atoms with Crippen LogP contribution in [0, 0.1) is 5.82 Å². The van der Waals surface area contributed by atoms with Gasteiger partial charge in [0.15, 0.2) is 5.82 Å².